The van der Waals surface area contributed by atoms with Crippen molar-refractivity contribution in [2.75, 3.05) is 6.61 Å². The first kappa shape index (κ1) is 18.8. The van der Waals surface area contributed by atoms with Gasteiger partial charge in [-0.2, -0.15) is 0 Å². The lowest BCUT2D eigenvalue weighted by molar-refractivity contribution is 0.0709. The molecule has 0 aliphatic carbocycles. The summed E-state index contributed by atoms with van der Waals surface area (Å²) < 4.78 is 5.71. The van der Waals surface area contributed by atoms with E-state index in [0.29, 0.717) is 12.0 Å². The molecule has 0 saturated carbocycles. The minimum absolute atomic E-state index is 0.0673. The number of hydrogen-bond acceptors (Lipinski definition) is 7. The number of hydrogen-bond donors (Lipinski definition) is 5. The zero-order chi connectivity index (χ0) is 19.9. The predicted molar refractivity (Wildman–Crippen MR) is 96.7 cm³/mol. The molecule has 144 valence electrons. The van der Waals surface area contributed by atoms with E-state index < -0.39 is 23.1 Å². The van der Waals surface area contributed by atoms with Gasteiger partial charge >= 0.3 is 0 Å². The number of carbonyl (C=O) groups excluding carboxylic acids is 1. The summed E-state index contributed by atoms with van der Waals surface area (Å²) in [7, 11) is 0. The molecule has 1 aliphatic rings. The van der Waals surface area contributed by atoms with Crippen LogP contribution in [0.2, 0.25) is 0 Å². The number of aromatic hydroxyl groups is 4. The van der Waals surface area contributed by atoms with Crippen LogP contribution >= 0.6 is 0 Å². The number of ether oxygens (including phenoxy) is 1. The molecule has 0 unspecified atom stereocenters. The lowest BCUT2D eigenvalue weighted by atomic mass is 9.85. The van der Waals surface area contributed by atoms with Crippen molar-refractivity contribution < 1.29 is 35.1 Å². The van der Waals surface area contributed by atoms with Gasteiger partial charge in [-0.25, -0.2) is 0 Å². The topological polar surface area (TPSA) is 127 Å². The van der Waals surface area contributed by atoms with Crippen LogP contribution in [0.3, 0.4) is 0 Å². The van der Waals surface area contributed by atoms with Crippen molar-refractivity contribution in [1.82, 2.24) is 0 Å². The Morgan fingerprint density at radius 1 is 1.07 bits per heavy atom. The number of Topliss-reactive ketones (excluding diaryl/α,β-unsaturated/α-hetero) is 1. The maximum absolute atomic E-state index is 13.0. The van der Waals surface area contributed by atoms with Gasteiger partial charge in [0.2, 0.25) is 0 Å². The van der Waals surface area contributed by atoms with E-state index >= 15 is 0 Å². The number of aliphatic hydroxyl groups is 1. The van der Waals surface area contributed by atoms with Gasteiger partial charge in [-0.05, 0) is 32.8 Å². The molecule has 0 bridgehead atoms. The molecule has 1 aliphatic heterocycles. The standard InChI is InChI=1S/C20H22O7/c1-20(2,26)6-5-12-15(23)8-16(24)17-18(25)13(9-27-19(12)17)11-4-3-10(21)7-14(11)22/h3-4,7-8,13,21-24,26H,5-6,9H2,1-2H3/t13-/m0/s1. The highest BCUT2D eigenvalue weighted by atomic mass is 16.5. The van der Waals surface area contributed by atoms with Crippen LogP contribution in [-0.4, -0.2) is 43.5 Å². The molecule has 7 heteroatoms. The molecule has 7 nitrogen and oxygen atoms in total. The molecule has 0 aromatic heterocycles. The summed E-state index contributed by atoms with van der Waals surface area (Å²) in [6.45, 7) is 3.17. The SMILES string of the molecule is CC(C)(O)CCc1c(O)cc(O)c2c1OC[C@@H](c1ccc(O)cc1O)C2=O. The second-order valence-corrected chi connectivity index (χ2v) is 7.38. The Morgan fingerprint density at radius 2 is 1.78 bits per heavy atom. The Bertz CT molecular complexity index is 896. The van der Waals surface area contributed by atoms with Crippen molar-refractivity contribution >= 4 is 5.78 Å². The number of benzene rings is 2. The summed E-state index contributed by atoms with van der Waals surface area (Å²) in [6.07, 6.45) is 0.567. The number of ketones is 1. The van der Waals surface area contributed by atoms with Gasteiger partial charge < -0.3 is 30.3 Å². The zero-order valence-electron chi connectivity index (χ0n) is 15.1. The summed E-state index contributed by atoms with van der Waals surface area (Å²) in [4.78, 5) is 13.0. The summed E-state index contributed by atoms with van der Waals surface area (Å²) in [6, 6.07) is 4.99. The minimum atomic E-state index is -0.976. The van der Waals surface area contributed by atoms with E-state index in [2.05, 4.69) is 0 Å². The number of phenols is 4. The average Bonchev–Trinajstić information content (AvgIpc) is 2.54. The molecule has 3 rings (SSSR count). The largest absolute Gasteiger partial charge is 0.508 e. The van der Waals surface area contributed by atoms with E-state index in [0.717, 1.165) is 12.1 Å². The summed E-state index contributed by atoms with van der Waals surface area (Å²) in [5.41, 5.74) is -0.432. The molecule has 0 saturated heterocycles. The highest BCUT2D eigenvalue weighted by Crippen LogP contribution is 2.45. The van der Waals surface area contributed by atoms with Crippen molar-refractivity contribution in [3.05, 3.63) is 41.0 Å². The molecule has 5 N–H and O–H groups in total. The Kier molecular flexibility index (Phi) is 4.65. The minimum Gasteiger partial charge on any atom is -0.508 e. The lowest BCUT2D eigenvalue weighted by Crippen LogP contribution is -2.27. The fourth-order valence-electron chi connectivity index (χ4n) is 3.22. The van der Waals surface area contributed by atoms with E-state index in [1.165, 1.54) is 12.1 Å². The first-order valence-electron chi connectivity index (χ1n) is 8.57. The molecule has 2 aromatic rings. The van der Waals surface area contributed by atoms with Crippen molar-refractivity contribution in [3.8, 4) is 28.7 Å². The molecule has 0 spiro atoms. The fraction of sp³-hybridized carbons (Fsp3) is 0.350. The lowest BCUT2D eigenvalue weighted by Gasteiger charge is -2.28. The molecule has 1 atom stereocenters. The average molecular weight is 374 g/mol. The van der Waals surface area contributed by atoms with Crippen LogP contribution in [0, 0.1) is 0 Å². The monoisotopic (exact) mass is 374 g/mol. The van der Waals surface area contributed by atoms with E-state index in [9.17, 15) is 30.3 Å². The number of phenolic OH excluding ortho intramolecular Hbond substituents is 4. The first-order chi connectivity index (χ1) is 12.6. The Balaban J connectivity index is 2.02. The highest BCUT2D eigenvalue weighted by molar-refractivity contribution is 6.07. The van der Waals surface area contributed by atoms with Gasteiger partial charge in [0, 0.05) is 23.3 Å². The van der Waals surface area contributed by atoms with Crippen molar-refractivity contribution in [3.63, 3.8) is 0 Å². The highest BCUT2D eigenvalue weighted by Gasteiger charge is 2.36. The van der Waals surface area contributed by atoms with E-state index in [4.69, 9.17) is 4.74 Å². The zero-order valence-corrected chi connectivity index (χ0v) is 15.1. The third-order valence-corrected chi connectivity index (χ3v) is 4.67. The van der Waals surface area contributed by atoms with Gasteiger partial charge in [-0.15, -0.1) is 0 Å². The molecule has 0 radical (unpaired) electrons. The van der Waals surface area contributed by atoms with Gasteiger partial charge in [-0.1, -0.05) is 6.07 Å². The summed E-state index contributed by atoms with van der Waals surface area (Å²) in [5.74, 6) is -2.24. The van der Waals surface area contributed by atoms with Crippen LogP contribution in [0.4, 0.5) is 0 Å². The Hall–Kier alpha value is -2.93. The molecular formula is C20H22O7. The normalized spacial score (nSPS) is 16.7. The van der Waals surface area contributed by atoms with Crippen molar-refractivity contribution in [1.29, 1.82) is 0 Å². The number of carbonyl (C=O) groups is 1. The molecule has 27 heavy (non-hydrogen) atoms. The third-order valence-electron chi connectivity index (χ3n) is 4.67. The van der Waals surface area contributed by atoms with Crippen LogP contribution in [-0.2, 0) is 6.42 Å². The van der Waals surface area contributed by atoms with E-state index in [1.807, 2.05) is 0 Å². The molecule has 1 heterocycles. The van der Waals surface area contributed by atoms with Crippen LogP contribution in [0.5, 0.6) is 28.7 Å². The third kappa shape index (κ3) is 3.64. The van der Waals surface area contributed by atoms with E-state index in [-0.39, 0.29) is 47.2 Å². The molecule has 0 fully saturated rings. The second kappa shape index (κ2) is 6.66. The van der Waals surface area contributed by atoms with Gasteiger partial charge in [-0.3, -0.25) is 4.79 Å². The quantitative estimate of drug-likeness (QED) is 0.556. The fourth-order valence-corrected chi connectivity index (χ4v) is 3.22. The summed E-state index contributed by atoms with van der Waals surface area (Å²) in [5, 5.41) is 49.8. The van der Waals surface area contributed by atoms with Crippen LogP contribution in [0.25, 0.3) is 0 Å². The van der Waals surface area contributed by atoms with Crippen LogP contribution < -0.4 is 4.74 Å². The molecule has 0 amide bonds. The summed E-state index contributed by atoms with van der Waals surface area (Å²) >= 11 is 0. The van der Waals surface area contributed by atoms with Crippen molar-refractivity contribution in [2.24, 2.45) is 0 Å². The van der Waals surface area contributed by atoms with Gasteiger partial charge in [0.1, 0.15) is 40.9 Å². The maximum atomic E-state index is 13.0. The Morgan fingerprint density at radius 3 is 2.41 bits per heavy atom. The van der Waals surface area contributed by atoms with Gasteiger partial charge in [0.05, 0.1) is 11.5 Å². The van der Waals surface area contributed by atoms with Crippen LogP contribution in [0.1, 0.15) is 47.7 Å². The van der Waals surface area contributed by atoms with E-state index in [1.54, 1.807) is 13.8 Å². The first-order valence-corrected chi connectivity index (χ1v) is 8.57. The van der Waals surface area contributed by atoms with Crippen molar-refractivity contribution in [2.45, 2.75) is 38.2 Å². The van der Waals surface area contributed by atoms with Gasteiger partial charge in [0.25, 0.3) is 0 Å². The smallest absolute Gasteiger partial charge is 0.181 e. The second-order valence-electron chi connectivity index (χ2n) is 7.38. The Labute approximate surface area is 156 Å². The predicted octanol–water partition coefficient (Wildman–Crippen LogP) is 2.57. The number of fused-ring (bicyclic) bond motifs is 1. The van der Waals surface area contributed by atoms with Gasteiger partial charge in [0.15, 0.2) is 5.78 Å². The molecule has 2 aromatic carbocycles. The van der Waals surface area contributed by atoms with Crippen LogP contribution in [0.15, 0.2) is 24.3 Å². The number of rotatable bonds is 4. The molecular weight excluding hydrogens is 352 g/mol. The maximum Gasteiger partial charge on any atom is 0.181 e.